The third kappa shape index (κ3) is 3.10. The van der Waals surface area contributed by atoms with Gasteiger partial charge in [-0.15, -0.1) is 6.58 Å². The van der Waals surface area contributed by atoms with Crippen LogP contribution >= 0.6 is 11.3 Å². The Balaban J connectivity index is 2.17. The molecule has 0 aliphatic carbocycles. The molecule has 5 nitrogen and oxygen atoms in total. The first kappa shape index (κ1) is 13.5. The predicted octanol–water partition coefficient (Wildman–Crippen LogP) is 2.15. The number of rotatable bonds is 5. The van der Waals surface area contributed by atoms with Gasteiger partial charge in [-0.1, -0.05) is 17.4 Å². The standard InChI is InChI=1S/C13H15N3O2S/c1-3-4-9(14)12(17)16-13-15-10-6-5-8(18-2)7-11(10)19-13/h3,5-7,9H,1,4,14H2,2H3,(H,15,16,17). The van der Waals surface area contributed by atoms with Gasteiger partial charge in [0.15, 0.2) is 5.13 Å². The van der Waals surface area contributed by atoms with Crippen molar-refractivity contribution in [3.05, 3.63) is 30.9 Å². The smallest absolute Gasteiger partial charge is 0.243 e. The second-order valence-electron chi connectivity index (χ2n) is 3.97. The first-order chi connectivity index (χ1) is 9.13. The van der Waals surface area contributed by atoms with Gasteiger partial charge in [-0.3, -0.25) is 4.79 Å². The third-order valence-corrected chi connectivity index (χ3v) is 3.52. The first-order valence-electron chi connectivity index (χ1n) is 5.76. The molecule has 1 amide bonds. The minimum Gasteiger partial charge on any atom is -0.497 e. The molecule has 0 saturated heterocycles. The van der Waals surface area contributed by atoms with E-state index in [1.807, 2.05) is 18.2 Å². The van der Waals surface area contributed by atoms with Crippen LogP contribution in [0.5, 0.6) is 5.75 Å². The molecular weight excluding hydrogens is 262 g/mol. The van der Waals surface area contributed by atoms with E-state index in [1.165, 1.54) is 11.3 Å². The lowest BCUT2D eigenvalue weighted by Crippen LogP contribution is -2.34. The Labute approximate surface area is 115 Å². The number of nitrogens with one attached hydrogen (secondary N) is 1. The Hall–Kier alpha value is -1.92. The molecule has 2 aromatic rings. The van der Waals surface area contributed by atoms with Crippen LogP contribution in [0.15, 0.2) is 30.9 Å². The van der Waals surface area contributed by atoms with Gasteiger partial charge in [0.05, 0.1) is 23.4 Å². The van der Waals surface area contributed by atoms with Gasteiger partial charge in [0.2, 0.25) is 5.91 Å². The van der Waals surface area contributed by atoms with Gasteiger partial charge in [0.1, 0.15) is 5.75 Å². The molecule has 1 unspecified atom stereocenters. The molecule has 1 aromatic heterocycles. The Morgan fingerprint density at radius 2 is 2.47 bits per heavy atom. The van der Waals surface area contributed by atoms with E-state index in [4.69, 9.17) is 10.5 Å². The van der Waals surface area contributed by atoms with Gasteiger partial charge in [0, 0.05) is 0 Å². The summed E-state index contributed by atoms with van der Waals surface area (Å²) in [7, 11) is 1.61. The fourth-order valence-corrected chi connectivity index (χ4v) is 2.47. The molecule has 0 aliphatic rings. The van der Waals surface area contributed by atoms with E-state index in [9.17, 15) is 4.79 Å². The van der Waals surface area contributed by atoms with Crippen molar-refractivity contribution in [1.82, 2.24) is 4.98 Å². The number of aromatic nitrogens is 1. The molecule has 1 aromatic carbocycles. The molecule has 19 heavy (non-hydrogen) atoms. The monoisotopic (exact) mass is 277 g/mol. The van der Waals surface area contributed by atoms with Crippen LogP contribution in [0.2, 0.25) is 0 Å². The molecule has 0 saturated carbocycles. The quantitative estimate of drug-likeness (QED) is 0.821. The van der Waals surface area contributed by atoms with Crippen LogP contribution in [0, 0.1) is 0 Å². The molecule has 0 bridgehead atoms. The average Bonchev–Trinajstić information content (AvgIpc) is 2.79. The lowest BCUT2D eigenvalue weighted by molar-refractivity contribution is -0.117. The maximum absolute atomic E-state index is 11.8. The number of anilines is 1. The minimum absolute atomic E-state index is 0.258. The van der Waals surface area contributed by atoms with Gasteiger partial charge in [-0.25, -0.2) is 4.98 Å². The number of methoxy groups -OCH3 is 1. The van der Waals surface area contributed by atoms with E-state index >= 15 is 0 Å². The summed E-state index contributed by atoms with van der Waals surface area (Å²) in [5.74, 6) is 0.503. The zero-order valence-electron chi connectivity index (χ0n) is 10.6. The van der Waals surface area contributed by atoms with Gasteiger partial charge in [0.25, 0.3) is 0 Å². The van der Waals surface area contributed by atoms with Crippen LogP contribution in [0.3, 0.4) is 0 Å². The van der Waals surface area contributed by atoms with Crippen molar-refractivity contribution in [3.63, 3.8) is 0 Å². The number of fused-ring (bicyclic) bond motifs is 1. The first-order valence-corrected chi connectivity index (χ1v) is 6.57. The van der Waals surface area contributed by atoms with E-state index in [0.29, 0.717) is 11.6 Å². The maximum Gasteiger partial charge on any atom is 0.243 e. The molecule has 6 heteroatoms. The molecule has 1 atom stereocenters. The van der Waals surface area contributed by atoms with Crippen LogP contribution in [-0.2, 0) is 4.79 Å². The second-order valence-corrected chi connectivity index (χ2v) is 5.00. The number of ether oxygens (including phenoxy) is 1. The lowest BCUT2D eigenvalue weighted by Gasteiger charge is -2.07. The molecule has 0 spiro atoms. The van der Waals surface area contributed by atoms with Crippen molar-refractivity contribution in [2.45, 2.75) is 12.5 Å². The summed E-state index contributed by atoms with van der Waals surface area (Å²) in [4.78, 5) is 16.1. The Morgan fingerprint density at radius 1 is 1.68 bits per heavy atom. The van der Waals surface area contributed by atoms with Crippen molar-refractivity contribution in [2.24, 2.45) is 5.73 Å². The van der Waals surface area contributed by atoms with E-state index in [1.54, 1.807) is 13.2 Å². The maximum atomic E-state index is 11.8. The summed E-state index contributed by atoms with van der Waals surface area (Å²) in [6, 6.07) is 4.96. The van der Waals surface area contributed by atoms with Crippen LogP contribution in [0.4, 0.5) is 5.13 Å². The topological polar surface area (TPSA) is 77.2 Å². The van der Waals surface area contributed by atoms with Crippen molar-refractivity contribution in [1.29, 1.82) is 0 Å². The van der Waals surface area contributed by atoms with E-state index in [2.05, 4.69) is 16.9 Å². The SMILES string of the molecule is C=CCC(N)C(=O)Nc1nc2ccc(OC)cc2s1. The van der Waals surface area contributed by atoms with E-state index in [-0.39, 0.29) is 5.91 Å². The molecule has 0 aliphatic heterocycles. The zero-order valence-corrected chi connectivity index (χ0v) is 11.4. The molecule has 0 radical (unpaired) electrons. The molecule has 1 heterocycles. The highest BCUT2D eigenvalue weighted by molar-refractivity contribution is 7.22. The summed E-state index contributed by atoms with van der Waals surface area (Å²) in [6.07, 6.45) is 2.05. The number of hydrogen-bond acceptors (Lipinski definition) is 5. The molecule has 3 N–H and O–H groups in total. The van der Waals surface area contributed by atoms with Gasteiger partial charge in [-0.2, -0.15) is 0 Å². The average molecular weight is 277 g/mol. The number of nitrogens with zero attached hydrogens (tertiary/aromatic N) is 1. The third-order valence-electron chi connectivity index (χ3n) is 2.58. The van der Waals surface area contributed by atoms with Crippen molar-refractivity contribution in [3.8, 4) is 5.75 Å². The molecule has 2 rings (SSSR count). The Kier molecular flexibility index (Phi) is 4.13. The van der Waals surface area contributed by atoms with Crippen LogP contribution < -0.4 is 15.8 Å². The Bertz CT molecular complexity index is 609. The number of carbonyl (C=O) groups is 1. The van der Waals surface area contributed by atoms with Gasteiger partial charge in [-0.05, 0) is 24.6 Å². The van der Waals surface area contributed by atoms with Gasteiger partial charge < -0.3 is 15.8 Å². The minimum atomic E-state index is -0.598. The summed E-state index contributed by atoms with van der Waals surface area (Å²) in [5, 5.41) is 3.24. The normalized spacial score (nSPS) is 12.1. The highest BCUT2D eigenvalue weighted by Gasteiger charge is 2.14. The number of benzene rings is 1. The van der Waals surface area contributed by atoms with Crippen LogP contribution in [0.1, 0.15) is 6.42 Å². The summed E-state index contributed by atoms with van der Waals surface area (Å²) in [6.45, 7) is 3.56. The number of carbonyl (C=O) groups excluding carboxylic acids is 1. The van der Waals surface area contributed by atoms with Crippen molar-refractivity contribution < 1.29 is 9.53 Å². The highest BCUT2D eigenvalue weighted by Crippen LogP contribution is 2.29. The second kappa shape index (κ2) is 5.81. The number of hydrogen-bond donors (Lipinski definition) is 2. The summed E-state index contributed by atoms with van der Waals surface area (Å²) in [5.41, 5.74) is 6.51. The van der Waals surface area contributed by atoms with Crippen LogP contribution in [0.25, 0.3) is 10.2 Å². The summed E-state index contributed by atoms with van der Waals surface area (Å²) < 4.78 is 6.09. The fourth-order valence-electron chi connectivity index (χ4n) is 1.57. The largest absolute Gasteiger partial charge is 0.497 e. The molecular formula is C13H15N3O2S. The van der Waals surface area contributed by atoms with E-state index < -0.39 is 6.04 Å². The van der Waals surface area contributed by atoms with Gasteiger partial charge >= 0.3 is 0 Å². The predicted molar refractivity (Wildman–Crippen MR) is 77.6 cm³/mol. The van der Waals surface area contributed by atoms with Crippen LogP contribution in [-0.4, -0.2) is 24.0 Å². The Morgan fingerprint density at radius 3 is 3.16 bits per heavy atom. The fraction of sp³-hybridized carbons (Fsp3) is 0.231. The highest BCUT2D eigenvalue weighted by atomic mass is 32.1. The van der Waals surface area contributed by atoms with Crippen molar-refractivity contribution >= 4 is 32.6 Å². The molecule has 0 fully saturated rings. The zero-order chi connectivity index (χ0) is 13.8. The number of nitrogens with two attached hydrogens (primary N) is 1. The van der Waals surface area contributed by atoms with E-state index in [0.717, 1.165) is 16.0 Å². The van der Waals surface area contributed by atoms with Crippen molar-refractivity contribution in [2.75, 3.05) is 12.4 Å². The summed E-state index contributed by atoms with van der Waals surface area (Å²) >= 11 is 1.39. The molecule has 100 valence electrons. The lowest BCUT2D eigenvalue weighted by atomic mass is 10.2. The number of thiazole rings is 1. The number of amides is 1.